The number of hydrogen-bond acceptors (Lipinski definition) is 5. The van der Waals surface area contributed by atoms with Gasteiger partial charge in [0.25, 0.3) is 0 Å². The highest BCUT2D eigenvalue weighted by Crippen LogP contribution is 2.22. The molecular weight excluding hydrogens is 420 g/mol. The number of alkyl carbamates (subject to hydrolysis) is 1. The number of nitrogens with zero attached hydrogens (tertiary/aromatic N) is 1. The number of carbonyl (C=O) groups excluding carboxylic acids is 2. The Kier molecular flexibility index (Phi) is 7.64. The lowest BCUT2D eigenvalue weighted by Gasteiger charge is -2.28. The second kappa shape index (κ2) is 10.8. The standard InChI is InChI=1S/C25H26N4O4/c1-25(16-18-8-4-2-5-9-18,29-24(31)32-17-19-10-6-3-7-11-19)22(30)33-21-14-12-20(13-15-21)28-23(26)27/h2-15H,16-17H2,1H3,(H,29,31)(H4,26,27,28). The average molecular weight is 447 g/mol. The number of carbonyl (C=O) groups is 2. The summed E-state index contributed by atoms with van der Waals surface area (Å²) in [7, 11) is 0. The lowest BCUT2D eigenvalue weighted by atomic mass is 9.93. The highest BCUT2D eigenvalue weighted by atomic mass is 16.6. The first-order valence-corrected chi connectivity index (χ1v) is 10.3. The Morgan fingerprint density at radius 3 is 2.03 bits per heavy atom. The van der Waals surface area contributed by atoms with Crippen LogP contribution in [0.25, 0.3) is 0 Å². The molecule has 1 unspecified atom stereocenters. The van der Waals surface area contributed by atoms with E-state index in [0.717, 1.165) is 11.1 Å². The number of ether oxygens (including phenoxy) is 2. The van der Waals surface area contributed by atoms with E-state index in [0.29, 0.717) is 5.69 Å². The first-order valence-electron chi connectivity index (χ1n) is 10.3. The molecule has 0 heterocycles. The lowest BCUT2D eigenvalue weighted by Crippen LogP contribution is -2.55. The van der Waals surface area contributed by atoms with Gasteiger partial charge in [0.15, 0.2) is 5.96 Å². The van der Waals surface area contributed by atoms with E-state index >= 15 is 0 Å². The first kappa shape index (κ1) is 23.3. The Hall–Kier alpha value is -4.33. The van der Waals surface area contributed by atoms with Crippen LogP contribution in [0.4, 0.5) is 10.5 Å². The van der Waals surface area contributed by atoms with Crippen LogP contribution >= 0.6 is 0 Å². The van der Waals surface area contributed by atoms with E-state index in [-0.39, 0.29) is 24.7 Å². The molecule has 1 atom stereocenters. The molecule has 5 N–H and O–H groups in total. The second-order valence-electron chi connectivity index (χ2n) is 7.60. The summed E-state index contributed by atoms with van der Waals surface area (Å²) in [5.41, 5.74) is 11.6. The number of benzene rings is 3. The predicted octanol–water partition coefficient (Wildman–Crippen LogP) is 3.42. The van der Waals surface area contributed by atoms with Crippen molar-refractivity contribution in [3.8, 4) is 5.75 Å². The topological polar surface area (TPSA) is 129 Å². The highest BCUT2D eigenvalue weighted by molar-refractivity contribution is 5.87. The molecule has 33 heavy (non-hydrogen) atoms. The van der Waals surface area contributed by atoms with Crippen LogP contribution in [-0.4, -0.2) is 23.6 Å². The minimum atomic E-state index is -1.38. The molecule has 0 aliphatic rings. The van der Waals surface area contributed by atoms with Gasteiger partial charge < -0.3 is 26.3 Å². The van der Waals surface area contributed by atoms with Gasteiger partial charge in [-0.2, -0.15) is 0 Å². The molecule has 0 bridgehead atoms. The number of nitrogens with two attached hydrogens (primary N) is 2. The molecule has 0 radical (unpaired) electrons. The SMILES string of the molecule is CC(Cc1ccccc1)(NC(=O)OCc1ccccc1)C(=O)Oc1ccc(N=C(N)N)cc1. The number of hydrogen-bond donors (Lipinski definition) is 3. The maximum atomic E-state index is 13.2. The monoisotopic (exact) mass is 446 g/mol. The van der Waals surface area contributed by atoms with Gasteiger partial charge in [0.05, 0.1) is 5.69 Å². The molecule has 0 aliphatic carbocycles. The van der Waals surface area contributed by atoms with E-state index in [9.17, 15) is 9.59 Å². The number of aliphatic imine (C=N–C) groups is 1. The summed E-state index contributed by atoms with van der Waals surface area (Å²) < 4.78 is 10.9. The van der Waals surface area contributed by atoms with Crippen LogP contribution in [-0.2, 0) is 22.6 Å². The molecule has 8 heteroatoms. The summed E-state index contributed by atoms with van der Waals surface area (Å²) in [4.78, 5) is 29.6. The zero-order chi connectivity index (χ0) is 23.7. The molecule has 8 nitrogen and oxygen atoms in total. The van der Waals surface area contributed by atoms with Crippen LogP contribution in [0.2, 0.25) is 0 Å². The molecule has 0 aliphatic heterocycles. The minimum absolute atomic E-state index is 0.0756. The molecule has 170 valence electrons. The Bertz CT molecular complexity index is 1100. The number of nitrogens with one attached hydrogen (secondary N) is 1. The Morgan fingerprint density at radius 1 is 0.879 bits per heavy atom. The Balaban J connectivity index is 1.73. The van der Waals surface area contributed by atoms with Crippen LogP contribution in [0.15, 0.2) is 89.9 Å². The summed E-state index contributed by atoms with van der Waals surface area (Å²) >= 11 is 0. The number of esters is 1. The van der Waals surface area contributed by atoms with Crippen molar-refractivity contribution in [2.75, 3.05) is 0 Å². The third-order valence-electron chi connectivity index (χ3n) is 4.75. The maximum Gasteiger partial charge on any atom is 0.408 e. The van der Waals surface area contributed by atoms with Crippen LogP contribution < -0.4 is 21.5 Å². The minimum Gasteiger partial charge on any atom is -0.445 e. The molecule has 0 saturated carbocycles. The molecule has 3 rings (SSSR count). The van der Waals surface area contributed by atoms with Crippen molar-refractivity contribution >= 4 is 23.7 Å². The summed E-state index contributed by atoms with van der Waals surface area (Å²) in [5.74, 6) is -0.431. The van der Waals surface area contributed by atoms with Gasteiger partial charge in [0.1, 0.15) is 17.9 Å². The Morgan fingerprint density at radius 2 is 1.45 bits per heavy atom. The van der Waals surface area contributed by atoms with Gasteiger partial charge in [-0.05, 0) is 42.3 Å². The van der Waals surface area contributed by atoms with Crippen molar-refractivity contribution in [2.45, 2.75) is 25.5 Å². The fourth-order valence-corrected chi connectivity index (χ4v) is 3.11. The maximum absolute atomic E-state index is 13.2. The molecule has 0 aromatic heterocycles. The van der Waals surface area contributed by atoms with Gasteiger partial charge >= 0.3 is 12.1 Å². The molecule has 0 spiro atoms. The van der Waals surface area contributed by atoms with Crippen LogP contribution in [0.1, 0.15) is 18.1 Å². The summed E-state index contributed by atoms with van der Waals surface area (Å²) in [6.07, 6.45) is -0.517. The Labute approximate surface area is 192 Å². The van der Waals surface area contributed by atoms with Crippen LogP contribution in [0, 0.1) is 0 Å². The lowest BCUT2D eigenvalue weighted by molar-refractivity contribution is -0.141. The third kappa shape index (κ3) is 7.10. The third-order valence-corrected chi connectivity index (χ3v) is 4.75. The fourth-order valence-electron chi connectivity index (χ4n) is 3.11. The quantitative estimate of drug-likeness (QED) is 0.210. The normalized spacial score (nSPS) is 12.2. The largest absolute Gasteiger partial charge is 0.445 e. The van der Waals surface area contributed by atoms with Crippen LogP contribution in [0.3, 0.4) is 0 Å². The molecule has 3 aromatic carbocycles. The molecule has 0 fully saturated rings. The van der Waals surface area contributed by atoms with E-state index < -0.39 is 17.6 Å². The predicted molar refractivity (Wildman–Crippen MR) is 126 cm³/mol. The van der Waals surface area contributed by atoms with E-state index in [2.05, 4.69) is 10.3 Å². The highest BCUT2D eigenvalue weighted by Gasteiger charge is 2.38. The van der Waals surface area contributed by atoms with Crippen molar-refractivity contribution in [1.29, 1.82) is 0 Å². The van der Waals surface area contributed by atoms with Gasteiger partial charge in [-0.15, -0.1) is 0 Å². The van der Waals surface area contributed by atoms with Gasteiger partial charge in [-0.1, -0.05) is 60.7 Å². The summed E-state index contributed by atoms with van der Waals surface area (Å²) in [6.45, 7) is 1.68. The van der Waals surface area contributed by atoms with E-state index in [1.54, 1.807) is 31.2 Å². The molecule has 0 saturated heterocycles. The van der Waals surface area contributed by atoms with Crippen molar-refractivity contribution < 1.29 is 19.1 Å². The van der Waals surface area contributed by atoms with Gasteiger partial charge in [0.2, 0.25) is 0 Å². The molecular formula is C25H26N4O4. The van der Waals surface area contributed by atoms with E-state index in [1.807, 2.05) is 60.7 Å². The number of rotatable bonds is 8. The van der Waals surface area contributed by atoms with Crippen molar-refractivity contribution in [1.82, 2.24) is 5.32 Å². The first-order chi connectivity index (χ1) is 15.8. The van der Waals surface area contributed by atoms with Crippen molar-refractivity contribution in [3.05, 3.63) is 96.1 Å². The van der Waals surface area contributed by atoms with Gasteiger partial charge in [-0.25, -0.2) is 14.6 Å². The second-order valence-corrected chi connectivity index (χ2v) is 7.60. The zero-order valence-corrected chi connectivity index (χ0v) is 18.2. The molecule has 3 aromatic rings. The smallest absolute Gasteiger partial charge is 0.408 e. The number of guanidine groups is 1. The zero-order valence-electron chi connectivity index (χ0n) is 18.2. The summed E-state index contributed by atoms with van der Waals surface area (Å²) in [6, 6.07) is 24.9. The average Bonchev–Trinajstić information content (AvgIpc) is 2.80. The summed E-state index contributed by atoms with van der Waals surface area (Å²) in [5, 5.41) is 2.68. The van der Waals surface area contributed by atoms with Gasteiger partial charge in [-0.3, -0.25) is 0 Å². The van der Waals surface area contributed by atoms with Crippen LogP contribution in [0.5, 0.6) is 5.75 Å². The van der Waals surface area contributed by atoms with E-state index in [1.165, 1.54) is 0 Å². The fraction of sp³-hybridized carbons (Fsp3) is 0.160. The van der Waals surface area contributed by atoms with Gasteiger partial charge in [0, 0.05) is 6.42 Å². The van der Waals surface area contributed by atoms with Crippen molar-refractivity contribution in [3.63, 3.8) is 0 Å². The molecule has 1 amide bonds. The number of amides is 1. The van der Waals surface area contributed by atoms with Crippen molar-refractivity contribution in [2.24, 2.45) is 16.5 Å². The van der Waals surface area contributed by atoms with E-state index in [4.69, 9.17) is 20.9 Å².